The fourth-order valence-electron chi connectivity index (χ4n) is 3.94. The maximum absolute atomic E-state index is 14.1. The Balaban J connectivity index is 1.33. The van der Waals surface area contributed by atoms with Crippen molar-refractivity contribution in [2.75, 3.05) is 55.5 Å². The van der Waals surface area contributed by atoms with E-state index in [1.165, 1.54) is 18.2 Å². The number of amides is 1. The molecule has 0 atom stereocenters. The lowest BCUT2D eigenvalue weighted by molar-refractivity contribution is -0.120. The fraction of sp³-hybridized carbons (Fsp3) is 0.290. The van der Waals surface area contributed by atoms with E-state index in [0.717, 1.165) is 11.1 Å². The van der Waals surface area contributed by atoms with Gasteiger partial charge in [-0.2, -0.15) is 15.0 Å². The van der Waals surface area contributed by atoms with Crippen LogP contribution in [-0.2, 0) is 33.8 Å². The summed E-state index contributed by atoms with van der Waals surface area (Å²) in [4.78, 5) is 25.6. The summed E-state index contributed by atoms with van der Waals surface area (Å²) in [6, 6.07) is 19.8. The highest BCUT2D eigenvalue weighted by Crippen LogP contribution is 2.18. The molecule has 13 heteroatoms. The Labute approximate surface area is 254 Å². The van der Waals surface area contributed by atoms with Crippen LogP contribution in [0, 0.1) is 11.6 Å². The summed E-state index contributed by atoms with van der Waals surface area (Å²) in [5, 5.41) is 12.1. The molecule has 0 spiro atoms. The number of benzene rings is 3. The second kappa shape index (κ2) is 17.4. The highest BCUT2D eigenvalue weighted by atomic mass is 19.1. The van der Waals surface area contributed by atoms with Crippen molar-refractivity contribution in [3.05, 3.63) is 101 Å². The lowest BCUT2D eigenvalue weighted by Crippen LogP contribution is -2.29. The van der Waals surface area contributed by atoms with Crippen molar-refractivity contribution >= 4 is 29.4 Å². The predicted octanol–water partition coefficient (Wildman–Crippen LogP) is 3.77. The van der Waals surface area contributed by atoms with Gasteiger partial charge in [0.2, 0.25) is 23.8 Å². The molecular formula is C31H36F2N8O3. The third kappa shape index (κ3) is 11.2. The summed E-state index contributed by atoms with van der Waals surface area (Å²) in [5.74, 6) is -0.0353. The maximum Gasteiger partial charge on any atom is 0.233 e. The summed E-state index contributed by atoms with van der Waals surface area (Å²) < 4.78 is 38.1. The number of nitrogens with one attached hydrogen (secondary N) is 4. The minimum Gasteiger partial charge on any atom is -0.378 e. The molecule has 0 aliphatic rings. The van der Waals surface area contributed by atoms with Crippen LogP contribution >= 0.6 is 0 Å². The summed E-state index contributed by atoms with van der Waals surface area (Å²) in [5.41, 5.74) is 8.17. The van der Waals surface area contributed by atoms with E-state index in [1.54, 1.807) is 30.3 Å². The first-order chi connectivity index (χ1) is 21.5. The van der Waals surface area contributed by atoms with Crippen molar-refractivity contribution in [3.63, 3.8) is 0 Å². The SMILES string of the molecule is NCCOCCOCCNC(=O)Cc1ccc(Nc2nc(NCc3ccc(F)cc3)nc(NCc3ccccc3F)n2)cc1. The smallest absolute Gasteiger partial charge is 0.233 e. The molecule has 44 heavy (non-hydrogen) atoms. The molecule has 0 radical (unpaired) electrons. The molecule has 4 aromatic rings. The number of halogens is 2. The molecule has 1 amide bonds. The van der Waals surface area contributed by atoms with Gasteiger partial charge >= 0.3 is 0 Å². The normalized spacial score (nSPS) is 10.8. The van der Waals surface area contributed by atoms with E-state index in [-0.39, 0.29) is 48.4 Å². The van der Waals surface area contributed by atoms with Crippen LogP contribution < -0.4 is 27.0 Å². The van der Waals surface area contributed by atoms with Crippen molar-refractivity contribution in [2.45, 2.75) is 19.5 Å². The number of carbonyl (C=O) groups excluding carboxylic acids is 1. The zero-order valence-electron chi connectivity index (χ0n) is 24.2. The molecule has 0 aliphatic heterocycles. The van der Waals surface area contributed by atoms with Gasteiger partial charge in [-0.1, -0.05) is 42.5 Å². The number of rotatable bonds is 18. The van der Waals surface area contributed by atoms with Gasteiger partial charge in [0, 0.05) is 37.4 Å². The first-order valence-corrected chi connectivity index (χ1v) is 14.2. The second-order valence-corrected chi connectivity index (χ2v) is 9.59. The van der Waals surface area contributed by atoms with Gasteiger partial charge in [-0.05, 0) is 41.5 Å². The topological polar surface area (TPSA) is 148 Å². The van der Waals surface area contributed by atoms with Crippen molar-refractivity contribution in [1.29, 1.82) is 0 Å². The second-order valence-electron chi connectivity index (χ2n) is 9.59. The van der Waals surface area contributed by atoms with E-state index in [4.69, 9.17) is 15.2 Å². The van der Waals surface area contributed by atoms with Gasteiger partial charge in [-0.25, -0.2) is 8.78 Å². The molecule has 6 N–H and O–H groups in total. The molecular weight excluding hydrogens is 570 g/mol. The largest absolute Gasteiger partial charge is 0.378 e. The number of nitrogens with two attached hydrogens (primary N) is 1. The van der Waals surface area contributed by atoms with Crippen molar-refractivity contribution in [2.24, 2.45) is 5.73 Å². The summed E-state index contributed by atoms with van der Waals surface area (Å²) in [6.45, 7) is 3.19. The van der Waals surface area contributed by atoms with E-state index < -0.39 is 0 Å². The minimum absolute atomic E-state index is 0.117. The van der Waals surface area contributed by atoms with E-state index in [0.29, 0.717) is 57.3 Å². The Morgan fingerprint density at radius 3 is 2.07 bits per heavy atom. The van der Waals surface area contributed by atoms with E-state index >= 15 is 0 Å². The van der Waals surface area contributed by atoms with E-state index in [9.17, 15) is 13.6 Å². The number of nitrogens with zero attached hydrogens (tertiary/aromatic N) is 3. The number of anilines is 4. The number of hydrogen-bond donors (Lipinski definition) is 5. The zero-order valence-corrected chi connectivity index (χ0v) is 24.2. The highest BCUT2D eigenvalue weighted by molar-refractivity contribution is 5.78. The molecule has 0 saturated carbocycles. The quantitative estimate of drug-likeness (QED) is 0.106. The summed E-state index contributed by atoms with van der Waals surface area (Å²) >= 11 is 0. The third-order valence-corrected chi connectivity index (χ3v) is 6.17. The Hall–Kier alpha value is -4.72. The first kappa shape index (κ1) is 32.2. The monoisotopic (exact) mass is 606 g/mol. The van der Waals surface area contributed by atoms with Crippen LogP contribution in [0.1, 0.15) is 16.7 Å². The Bertz CT molecular complexity index is 1460. The fourth-order valence-corrected chi connectivity index (χ4v) is 3.94. The Morgan fingerprint density at radius 1 is 0.727 bits per heavy atom. The standard InChI is InChI=1S/C31H36F2N8O3/c32-25-9-5-23(6-10-25)20-36-29-39-30(37-21-24-3-1-2-4-27(24)33)41-31(40-29)38-26-11-7-22(8-12-26)19-28(42)35-14-16-44-18-17-43-15-13-34/h1-12H,13-21,34H2,(H,35,42)(H3,36,37,38,39,40,41). The van der Waals surface area contributed by atoms with Crippen molar-refractivity contribution < 1.29 is 23.0 Å². The number of hydrogen-bond acceptors (Lipinski definition) is 10. The van der Waals surface area contributed by atoms with Crippen molar-refractivity contribution in [1.82, 2.24) is 20.3 Å². The molecule has 0 bridgehead atoms. The molecule has 0 unspecified atom stereocenters. The molecule has 11 nitrogen and oxygen atoms in total. The average Bonchev–Trinajstić information content (AvgIpc) is 3.02. The average molecular weight is 607 g/mol. The first-order valence-electron chi connectivity index (χ1n) is 14.2. The number of aromatic nitrogens is 3. The molecule has 0 saturated heterocycles. The van der Waals surface area contributed by atoms with Crippen LogP contribution in [0.2, 0.25) is 0 Å². The van der Waals surface area contributed by atoms with Crippen LogP contribution in [0.25, 0.3) is 0 Å². The molecule has 3 aromatic carbocycles. The van der Waals surface area contributed by atoms with Crippen LogP contribution in [0.15, 0.2) is 72.8 Å². The van der Waals surface area contributed by atoms with Gasteiger partial charge in [0.15, 0.2) is 0 Å². The number of ether oxygens (including phenoxy) is 2. The maximum atomic E-state index is 14.1. The van der Waals surface area contributed by atoms with Gasteiger partial charge < -0.3 is 36.5 Å². The molecule has 0 aliphatic carbocycles. The summed E-state index contributed by atoms with van der Waals surface area (Å²) in [6.07, 6.45) is 0.215. The number of carbonyl (C=O) groups is 1. The summed E-state index contributed by atoms with van der Waals surface area (Å²) in [7, 11) is 0. The van der Waals surface area contributed by atoms with Crippen LogP contribution in [-0.4, -0.2) is 60.4 Å². The third-order valence-electron chi connectivity index (χ3n) is 6.17. The molecule has 1 heterocycles. The molecule has 4 rings (SSSR count). The highest BCUT2D eigenvalue weighted by Gasteiger charge is 2.10. The lowest BCUT2D eigenvalue weighted by atomic mass is 10.1. The van der Waals surface area contributed by atoms with E-state index in [2.05, 4.69) is 36.2 Å². The van der Waals surface area contributed by atoms with Gasteiger partial charge in [-0.3, -0.25) is 4.79 Å². The van der Waals surface area contributed by atoms with E-state index in [1.807, 2.05) is 24.3 Å². The van der Waals surface area contributed by atoms with Gasteiger partial charge in [0.1, 0.15) is 11.6 Å². The van der Waals surface area contributed by atoms with Crippen molar-refractivity contribution in [3.8, 4) is 0 Å². The predicted molar refractivity (Wildman–Crippen MR) is 164 cm³/mol. The lowest BCUT2D eigenvalue weighted by Gasteiger charge is -2.12. The molecule has 1 aromatic heterocycles. The molecule has 232 valence electrons. The van der Waals surface area contributed by atoms with Gasteiger partial charge in [0.25, 0.3) is 0 Å². The van der Waals surface area contributed by atoms with Gasteiger partial charge in [0.05, 0.1) is 32.8 Å². The zero-order chi connectivity index (χ0) is 31.0. The van der Waals surface area contributed by atoms with Crippen LogP contribution in [0.3, 0.4) is 0 Å². The van der Waals surface area contributed by atoms with Crippen LogP contribution in [0.5, 0.6) is 0 Å². The van der Waals surface area contributed by atoms with Gasteiger partial charge in [-0.15, -0.1) is 0 Å². The Morgan fingerprint density at radius 2 is 1.36 bits per heavy atom. The Kier molecular flexibility index (Phi) is 12.7. The minimum atomic E-state index is -0.340. The molecule has 0 fully saturated rings. The van der Waals surface area contributed by atoms with Crippen LogP contribution in [0.4, 0.5) is 32.3 Å².